The van der Waals surface area contributed by atoms with Crippen LogP contribution in [0.3, 0.4) is 0 Å². The maximum atomic E-state index is 13.1. The molecule has 0 bridgehead atoms. The van der Waals surface area contributed by atoms with Crippen LogP contribution in [0.1, 0.15) is 35.2 Å². The Labute approximate surface area is 177 Å². The van der Waals surface area contributed by atoms with E-state index < -0.39 is 16.1 Å². The highest BCUT2D eigenvalue weighted by atomic mass is 32.2. The standard InChI is InChI=1S/C22H26N4O3S/c1-14-12-15(2)17(4)21(16(14)3)30(28,29)25-20-9-6-8-19(13-20)24-22(27)18(5)26-11-7-10-23-26/h6-13,18,25H,1-5H3,(H,24,27). The van der Waals surface area contributed by atoms with Gasteiger partial charge in [0.1, 0.15) is 6.04 Å². The molecule has 3 rings (SSSR count). The van der Waals surface area contributed by atoms with Gasteiger partial charge in [0, 0.05) is 18.1 Å². The van der Waals surface area contributed by atoms with Crippen LogP contribution in [0.5, 0.6) is 0 Å². The van der Waals surface area contributed by atoms with Crippen molar-refractivity contribution in [2.24, 2.45) is 0 Å². The van der Waals surface area contributed by atoms with Gasteiger partial charge in [-0.1, -0.05) is 12.1 Å². The smallest absolute Gasteiger partial charge is 0.262 e. The van der Waals surface area contributed by atoms with Crippen molar-refractivity contribution >= 4 is 27.3 Å². The Morgan fingerprint density at radius 2 is 1.63 bits per heavy atom. The van der Waals surface area contributed by atoms with Crippen LogP contribution in [-0.2, 0) is 14.8 Å². The highest BCUT2D eigenvalue weighted by molar-refractivity contribution is 7.92. The number of nitrogens with one attached hydrogen (secondary N) is 2. The largest absolute Gasteiger partial charge is 0.324 e. The highest BCUT2D eigenvalue weighted by Gasteiger charge is 2.22. The van der Waals surface area contributed by atoms with E-state index in [9.17, 15) is 13.2 Å². The second-order valence-corrected chi connectivity index (χ2v) is 9.05. The molecule has 2 N–H and O–H groups in total. The molecule has 1 amide bonds. The number of carbonyl (C=O) groups excluding carboxylic acids is 1. The van der Waals surface area contributed by atoms with Gasteiger partial charge in [-0.15, -0.1) is 0 Å². The number of anilines is 2. The summed E-state index contributed by atoms with van der Waals surface area (Å²) >= 11 is 0. The van der Waals surface area contributed by atoms with E-state index >= 15 is 0 Å². The number of hydrogen-bond donors (Lipinski definition) is 2. The van der Waals surface area contributed by atoms with Crippen molar-refractivity contribution < 1.29 is 13.2 Å². The van der Waals surface area contributed by atoms with E-state index in [-0.39, 0.29) is 5.91 Å². The first-order valence-electron chi connectivity index (χ1n) is 9.60. The Balaban J connectivity index is 1.84. The topological polar surface area (TPSA) is 93.1 Å². The van der Waals surface area contributed by atoms with Gasteiger partial charge in [-0.25, -0.2) is 8.42 Å². The Morgan fingerprint density at radius 1 is 1.00 bits per heavy atom. The number of hydrogen-bond acceptors (Lipinski definition) is 4. The molecule has 0 aliphatic carbocycles. The Morgan fingerprint density at radius 3 is 2.23 bits per heavy atom. The quantitative estimate of drug-likeness (QED) is 0.620. The third-order valence-corrected chi connectivity index (χ3v) is 6.90. The summed E-state index contributed by atoms with van der Waals surface area (Å²) in [6.45, 7) is 9.16. The molecule has 2 aromatic carbocycles. The molecule has 8 heteroatoms. The van der Waals surface area contributed by atoms with E-state index in [1.807, 2.05) is 33.8 Å². The van der Waals surface area contributed by atoms with Crippen molar-refractivity contribution in [1.82, 2.24) is 9.78 Å². The fraction of sp³-hybridized carbons (Fsp3) is 0.273. The molecule has 3 aromatic rings. The lowest BCUT2D eigenvalue weighted by atomic mass is 10.0. The van der Waals surface area contributed by atoms with E-state index in [1.165, 1.54) is 0 Å². The van der Waals surface area contributed by atoms with Crippen molar-refractivity contribution in [3.05, 3.63) is 71.0 Å². The van der Waals surface area contributed by atoms with Crippen LogP contribution in [0.25, 0.3) is 0 Å². The molecule has 0 saturated carbocycles. The van der Waals surface area contributed by atoms with Crippen molar-refractivity contribution in [2.45, 2.75) is 45.6 Å². The molecular weight excluding hydrogens is 400 g/mol. The molecule has 1 unspecified atom stereocenters. The van der Waals surface area contributed by atoms with Crippen LogP contribution in [-0.4, -0.2) is 24.1 Å². The second-order valence-electron chi connectivity index (χ2n) is 7.43. The van der Waals surface area contributed by atoms with Crippen LogP contribution < -0.4 is 10.0 Å². The Hall–Kier alpha value is -3.13. The molecule has 158 valence electrons. The van der Waals surface area contributed by atoms with Gasteiger partial charge in [0.05, 0.1) is 10.6 Å². The average Bonchev–Trinajstić information content (AvgIpc) is 3.20. The summed E-state index contributed by atoms with van der Waals surface area (Å²) in [5.74, 6) is -0.250. The molecule has 30 heavy (non-hydrogen) atoms. The number of sulfonamides is 1. The molecule has 0 saturated heterocycles. The van der Waals surface area contributed by atoms with Crippen LogP contribution in [0.4, 0.5) is 11.4 Å². The number of aromatic nitrogens is 2. The van der Waals surface area contributed by atoms with E-state index in [4.69, 9.17) is 0 Å². The molecule has 1 aromatic heterocycles. The van der Waals surface area contributed by atoms with Crippen LogP contribution in [0.2, 0.25) is 0 Å². The lowest BCUT2D eigenvalue weighted by molar-refractivity contribution is -0.119. The second kappa shape index (κ2) is 8.31. The summed E-state index contributed by atoms with van der Waals surface area (Å²) in [5.41, 5.74) is 4.16. The zero-order valence-electron chi connectivity index (χ0n) is 17.7. The lowest BCUT2D eigenvalue weighted by Crippen LogP contribution is -2.24. The first-order chi connectivity index (χ1) is 14.1. The number of rotatable bonds is 6. The molecule has 1 heterocycles. The van der Waals surface area contributed by atoms with Gasteiger partial charge in [-0.05, 0) is 81.1 Å². The van der Waals surface area contributed by atoms with Crippen molar-refractivity contribution in [2.75, 3.05) is 10.0 Å². The van der Waals surface area contributed by atoms with Crippen molar-refractivity contribution in [3.8, 4) is 0 Å². The third kappa shape index (κ3) is 4.38. The predicted octanol–water partition coefficient (Wildman–Crippen LogP) is 4.12. The summed E-state index contributed by atoms with van der Waals surface area (Å²) in [5, 5.41) is 6.88. The Kier molecular flexibility index (Phi) is 5.98. The summed E-state index contributed by atoms with van der Waals surface area (Å²) in [4.78, 5) is 12.8. The van der Waals surface area contributed by atoms with Gasteiger partial charge in [0.25, 0.3) is 10.0 Å². The molecule has 0 fully saturated rings. The van der Waals surface area contributed by atoms with E-state index in [1.54, 1.807) is 54.3 Å². The monoisotopic (exact) mass is 426 g/mol. The molecular formula is C22H26N4O3S. The molecule has 0 aliphatic rings. The summed E-state index contributed by atoms with van der Waals surface area (Å²) in [6.07, 6.45) is 3.32. The minimum Gasteiger partial charge on any atom is -0.324 e. The van der Waals surface area contributed by atoms with E-state index in [0.29, 0.717) is 16.3 Å². The summed E-state index contributed by atoms with van der Waals surface area (Å²) in [6, 6.07) is 9.87. The normalized spacial score (nSPS) is 12.4. The van der Waals surface area contributed by atoms with Crippen LogP contribution in [0.15, 0.2) is 53.7 Å². The minimum atomic E-state index is -3.79. The number of aryl methyl sites for hydroxylation is 2. The predicted molar refractivity (Wildman–Crippen MR) is 118 cm³/mol. The van der Waals surface area contributed by atoms with Crippen molar-refractivity contribution in [1.29, 1.82) is 0 Å². The minimum absolute atomic E-state index is 0.250. The van der Waals surface area contributed by atoms with E-state index in [0.717, 1.165) is 22.3 Å². The number of benzene rings is 2. The fourth-order valence-corrected chi connectivity index (χ4v) is 4.99. The maximum absolute atomic E-state index is 13.1. The van der Waals surface area contributed by atoms with Crippen LogP contribution in [0, 0.1) is 27.7 Å². The summed E-state index contributed by atoms with van der Waals surface area (Å²) in [7, 11) is -3.79. The van der Waals surface area contributed by atoms with Gasteiger partial charge in [-0.3, -0.25) is 14.2 Å². The number of nitrogens with zero attached hydrogens (tertiary/aromatic N) is 2. The van der Waals surface area contributed by atoms with Gasteiger partial charge in [0.2, 0.25) is 5.91 Å². The lowest BCUT2D eigenvalue weighted by Gasteiger charge is -2.17. The molecule has 0 radical (unpaired) electrons. The highest BCUT2D eigenvalue weighted by Crippen LogP contribution is 2.28. The first kappa shape index (κ1) is 21.6. The molecule has 0 spiro atoms. The zero-order chi connectivity index (χ0) is 22.1. The molecule has 1 atom stereocenters. The Bertz CT molecular complexity index is 1160. The van der Waals surface area contributed by atoms with Gasteiger partial charge < -0.3 is 5.32 Å². The summed E-state index contributed by atoms with van der Waals surface area (Å²) < 4.78 is 30.5. The fourth-order valence-electron chi connectivity index (χ4n) is 3.33. The molecule has 0 aliphatic heterocycles. The third-order valence-electron chi connectivity index (χ3n) is 5.25. The van der Waals surface area contributed by atoms with E-state index in [2.05, 4.69) is 15.1 Å². The number of carbonyl (C=O) groups is 1. The SMILES string of the molecule is Cc1cc(C)c(C)c(S(=O)(=O)Nc2cccc(NC(=O)C(C)n3cccn3)c2)c1C. The van der Waals surface area contributed by atoms with Gasteiger partial charge >= 0.3 is 0 Å². The van der Waals surface area contributed by atoms with Crippen molar-refractivity contribution in [3.63, 3.8) is 0 Å². The zero-order valence-corrected chi connectivity index (χ0v) is 18.5. The number of amides is 1. The van der Waals surface area contributed by atoms with Gasteiger partial charge in [0.15, 0.2) is 0 Å². The first-order valence-corrected chi connectivity index (χ1v) is 11.1. The van der Waals surface area contributed by atoms with Gasteiger partial charge in [-0.2, -0.15) is 5.10 Å². The van der Waals surface area contributed by atoms with Crippen LogP contribution >= 0.6 is 0 Å². The average molecular weight is 427 g/mol. The molecule has 7 nitrogen and oxygen atoms in total. The maximum Gasteiger partial charge on any atom is 0.262 e.